The Hall–Kier alpha value is -3.12. The fourth-order valence-corrected chi connectivity index (χ4v) is 5.70. The zero-order valence-electron chi connectivity index (χ0n) is 17.0. The highest BCUT2D eigenvalue weighted by Gasteiger charge is 2.39. The highest BCUT2D eigenvalue weighted by Crippen LogP contribution is 2.50. The number of nitrogens with one attached hydrogen (secondary N) is 2. The standard InChI is InChI=1S/C25H23FN2O2S/c1-16-9-11-17(12-10-16)28-31(29,30)18-13-14-24-22(15-18)19-6-4-7-20(19)25(27-24)21-5-2-3-8-23(21)26/h2-6,8-15,19-20,25,27-28H,7H2,1H3/t19-,20+,25-/m0/s1. The number of sulfonamides is 1. The van der Waals surface area contributed by atoms with E-state index < -0.39 is 10.0 Å². The van der Waals surface area contributed by atoms with Gasteiger partial charge in [0.05, 0.1) is 10.9 Å². The van der Waals surface area contributed by atoms with Crippen molar-refractivity contribution >= 4 is 21.4 Å². The minimum Gasteiger partial charge on any atom is -0.378 e. The molecule has 3 aromatic rings. The van der Waals surface area contributed by atoms with Crippen LogP contribution >= 0.6 is 0 Å². The van der Waals surface area contributed by atoms with E-state index in [0.717, 1.165) is 23.2 Å². The van der Waals surface area contributed by atoms with Crippen LogP contribution in [0.25, 0.3) is 0 Å². The van der Waals surface area contributed by atoms with Crippen LogP contribution in [0.3, 0.4) is 0 Å². The van der Waals surface area contributed by atoms with Crippen molar-refractivity contribution < 1.29 is 12.8 Å². The van der Waals surface area contributed by atoms with Crippen LogP contribution < -0.4 is 10.0 Å². The Labute approximate surface area is 181 Å². The molecule has 0 bridgehead atoms. The second-order valence-corrected chi connectivity index (χ2v) is 9.90. The van der Waals surface area contributed by atoms with E-state index in [1.54, 1.807) is 36.4 Å². The van der Waals surface area contributed by atoms with Crippen molar-refractivity contribution in [2.24, 2.45) is 5.92 Å². The van der Waals surface area contributed by atoms with Crippen LogP contribution in [-0.4, -0.2) is 8.42 Å². The molecule has 0 unspecified atom stereocenters. The molecule has 0 aromatic heterocycles. The van der Waals surface area contributed by atoms with Gasteiger partial charge >= 0.3 is 0 Å². The van der Waals surface area contributed by atoms with Crippen LogP contribution in [0.2, 0.25) is 0 Å². The van der Waals surface area contributed by atoms with Gasteiger partial charge in [-0.1, -0.05) is 48.0 Å². The number of hydrogen-bond acceptors (Lipinski definition) is 3. The molecule has 1 aliphatic carbocycles. The first kappa shape index (κ1) is 19.8. The van der Waals surface area contributed by atoms with Crippen LogP contribution in [0, 0.1) is 18.7 Å². The van der Waals surface area contributed by atoms with E-state index in [1.165, 1.54) is 6.07 Å². The van der Waals surface area contributed by atoms with Gasteiger partial charge in [-0.3, -0.25) is 4.72 Å². The Morgan fingerprint density at radius 1 is 1.00 bits per heavy atom. The third-order valence-corrected chi connectivity index (χ3v) is 7.57. The molecule has 0 saturated heterocycles. The molecule has 0 spiro atoms. The van der Waals surface area contributed by atoms with Crippen molar-refractivity contribution in [3.05, 3.63) is 101 Å². The Bertz CT molecular complexity index is 1270. The lowest BCUT2D eigenvalue weighted by molar-refractivity contribution is 0.413. The lowest BCUT2D eigenvalue weighted by Crippen LogP contribution is -2.30. The zero-order chi connectivity index (χ0) is 21.6. The fraction of sp³-hybridized carbons (Fsp3) is 0.200. The summed E-state index contributed by atoms with van der Waals surface area (Å²) in [6, 6.07) is 19.0. The molecule has 2 aliphatic rings. The summed E-state index contributed by atoms with van der Waals surface area (Å²) in [7, 11) is -3.72. The van der Waals surface area contributed by atoms with Crippen LogP contribution in [0.4, 0.5) is 15.8 Å². The van der Waals surface area contributed by atoms with Gasteiger partial charge in [0.1, 0.15) is 5.82 Å². The molecule has 0 amide bonds. The van der Waals surface area contributed by atoms with Gasteiger partial charge in [-0.05, 0) is 61.2 Å². The van der Waals surface area contributed by atoms with Crippen molar-refractivity contribution in [1.29, 1.82) is 0 Å². The summed E-state index contributed by atoms with van der Waals surface area (Å²) in [5.74, 6) is -0.0570. The molecule has 4 nitrogen and oxygen atoms in total. The number of benzene rings is 3. The monoisotopic (exact) mass is 434 g/mol. The normalized spacial score (nSPS) is 21.8. The van der Waals surface area contributed by atoms with Gasteiger partial charge in [0, 0.05) is 22.9 Å². The minimum atomic E-state index is -3.72. The Morgan fingerprint density at radius 2 is 1.77 bits per heavy atom. The average Bonchev–Trinajstić information content (AvgIpc) is 3.25. The van der Waals surface area contributed by atoms with E-state index >= 15 is 0 Å². The molecular weight excluding hydrogens is 411 g/mol. The molecule has 31 heavy (non-hydrogen) atoms. The lowest BCUT2D eigenvalue weighted by Gasteiger charge is -2.37. The highest BCUT2D eigenvalue weighted by molar-refractivity contribution is 7.92. The summed E-state index contributed by atoms with van der Waals surface area (Å²) in [6.45, 7) is 1.95. The van der Waals surface area contributed by atoms with E-state index in [0.29, 0.717) is 11.3 Å². The first-order chi connectivity index (χ1) is 14.9. The molecule has 6 heteroatoms. The summed E-state index contributed by atoms with van der Waals surface area (Å²) in [5, 5.41) is 3.46. The van der Waals surface area contributed by atoms with Crippen molar-refractivity contribution in [3.8, 4) is 0 Å². The van der Waals surface area contributed by atoms with Gasteiger partial charge in [-0.15, -0.1) is 0 Å². The Balaban J connectivity index is 1.50. The largest absolute Gasteiger partial charge is 0.378 e. The first-order valence-corrected chi connectivity index (χ1v) is 11.8. The van der Waals surface area contributed by atoms with Crippen LogP contribution in [-0.2, 0) is 10.0 Å². The van der Waals surface area contributed by atoms with Crippen LogP contribution in [0.5, 0.6) is 0 Å². The van der Waals surface area contributed by atoms with Gasteiger partial charge in [-0.2, -0.15) is 0 Å². The molecule has 0 fully saturated rings. The SMILES string of the molecule is Cc1ccc(NS(=O)(=O)c2ccc3c(c2)[C@H]2C=CC[C@H]2[C@@H](c2ccccc2F)N3)cc1. The van der Waals surface area contributed by atoms with Crippen LogP contribution in [0.15, 0.2) is 83.8 Å². The number of hydrogen-bond donors (Lipinski definition) is 2. The van der Waals surface area contributed by atoms with Crippen LogP contribution in [0.1, 0.15) is 35.1 Å². The summed E-state index contributed by atoms with van der Waals surface area (Å²) in [5.41, 5.74) is 4.00. The number of allylic oxidation sites excluding steroid dienone is 2. The van der Waals surface area contributed by atoms with E-state index in [9.17, 15) is 12.8 Å². The van der Waals surface area contributed by atoms with Crippen molar-refractivity contribution in [2.75, 3.05) is 10.0 Å². The first-order valence-electron chi connectivity index (χ1n) is 10.3. The lowest BCUT2D eigenvalue weighted by atomic mass is 9.77. The van der Waals surface area contributed by atoms with E-state index in [1.807, 2.05) is 31.2 Å². The molecule has 3 atom stereocenters. The molecular formula is C25H23FN2O2S. The molecule has 1 heterocycles. The molecule has 0 saturated carbocycles. The summed E-state index contributed by atoms with van der Waals surface area (Å²) in [4.78, 5) is 0.219. The average molecular weight is 435 g/mol. The topological polar surface area (TPSA) is 58.2 Å². The number of aryl methyl sites for hydroxylation is 1. The molecule has 1 aliphatic heterocycles. The van der Waals surface area contributed by atoms with Gasteiger partial charge in [0.15, 0.2) is 0 Å². The van der Waals surface area contributed by atoms with E-state index in [4.69, 9.17) is 0 Å². The second-order valence-electron chi connectivity index (χ2n) is 8.22. The van der Waals surface area contributed by atoms with Gasteiger partial charge in [0.25, 0.3) is 10.0 Å². The third-order valence-electron chi connectivity index (χ3n) is 6.19. The smallest absolute Gasteiger partial charge is 0.261 e. The number of fused-ring (bicyclic) bond motifs is 3. The van der Waals surface area contributed by atoms with E-state index in [2.05, 4.69) is 22.2 Å². The van der Waals surface area contributed by atoms with Crippen molar-refractivity contribution in [1.82, 2.24) is 0 Å². The summed E-state index contributed by atoms with van der Waals surface area (Å²) >= 11 is 0. The van der Waals surface area contributed by atoms with Gasteiger partial charge in [0.2, 0.25) is 0 Å². The Morgan fingerprint density at radius 3 is 2.55 bits per heavy atom. The molecule has 158 valence electrons. The predicted octanol–water partition coefficient (Wildman–Crippen LogP) is 5.76. The second kappa shape index (κ2) is 7.54. The predicted molar refractivity (Wildman–Crippen MR) is 121 cm³/mol. The maximum atomic E-state index is 14.5. The fourth-order valence-electron chi connectivity index (χ4n) is 4.61. The van der Waals surface area contributed by atoms with E-state index in [-0.39, 0.29) is 28.6 Å². The van der Waals surface area contributed by atoms with Crippen molar-refractivity contribution in [2.45, 2.75) is 30.2 Å². The van der Waals surface area contributed by atoms with Gasteiger partial charge in [-0.25, -0.2) is 12.8 Å². The molecule has 5 rings (SSSR count). The summed E-state index contributed by atoms with van der Waals surface area (Å²) in [6.07, 6.45) is 5.03. The minimum absolute atomic E-state index is 0.0374. The number of halogens is 1. The van der Waals surface area contributed by atoms with Crippen molar-refractivity contribution in [3.63, 3.8) is 0 Å². The Kier molecular flexibility index (Phi) is 4.82. The zero-order valence-corrected chi connectivity index (χ0v) is 17.9. The summed E-state index contributed by atoms with van der Waals surface area (Å²) < 4.78 is 43.2. The molecule has 2 N–H and O–H groups in total. The quantitative estimate of drug-likeness (QED) is 0.513. The highest BCUT2D eigenvalue weighted by atomic mass is 32.2. The molecule has 3 aromatic carbocycles. The maximum absolute atomic E-state index is 14.5. The molecule has 0 radical (unpaired) electrons. The maximum Gasteiger partial charge on any atom is 0.261 e. The van der Waals surface area contributed by atoms with Gasteiger partial charge < -0.3 is 5.32 Å². The number of rotatable bonds is 4. The third kappa shape index (κ3) is 3.61. The number of anilines is 2.